The molecule has 24 heavy (non-hydrogen) atoms. The van der Waals surface area contributed by atoms with Crippen LogP contribution in [-0.2, 0) is 16.1 Å². The molecule has 0 radical (unpaired) electrons. The smallest absolute Gasteiger partial charge is 0.318 e. The van der Waals surface area contributed by atoms with Gasteiger partial charge in [0, 0.05) is 45.1 Å². The fourth-order valence-corrected chi connectivity index (χ4v) is 3.38. The number of hydrogen-bond acceptors (Lipinski definition) is 5. The Morgan fingerprint density at radius 3 is 2.71 bits per heavy atom. The number of aromatic nitrogens is 1. The summed E-state index contributed by atoms with van der Waals surface area (Å²) in [7, 11) is 2.91. The van der Waals surface area contributed by atoms with Crippen LogP contribution in [0.15, 0.2) is 49.2 Å². The minimum Gasteiger partial charge on any atom is -0.497 e. The van der Waals surface area contributed by atoms with E-state index >= 15 is 0 Å². The van der Waals surface area contributed by atoms with Crippen LogP contribution in [0, 0.1) is 0 Å². The van der Waals surface area contributed by atoms with Crippen molar-refractivity contribution in [3.8, 4) is 11.3 Å². The van der Waals surface area contributed by atoms with E-state index < -0.39 is 5.97 Å². The summed E-state index contributed by atoms with van der Waals surface area (Å²) in [4.78, 5) is 15.5. The van der Waals surface area contributed by atoms with Gasteiger partial charge >= 0.3 is 5.97 Å². The fraction of sp³-hybridized carbons (Fsp3) is 0.176. The zero-order chi connectivity index (χ0) is 17.5. The summed E-state index contributed by atoms with van der Waals surface area (Å²) in [5, 5.41) is 9.04. The molecule has 0 fully saturated rings. The van der Waals surface area contributed by atoms with E-state index in [-0.39, 0.29) is 6.54 Å². The maximum Gasteiger partial charge on any atom is 0.318 e. The number of nitrogens with zero attached hydrogens (tertiary/aromatic N) is 2. The highest BCUT2D eigenvalue weighted by molar-refractivity contribution is 14.2. The van der Waals surface area contributed by atoms with E-state index in [1.165, 1.54) is 9.12 Å². The van der Waals surface area contributed by atoms with Crippen LogP contribution in [-0.4, -0.2) is 34.0 Å². The molecule has 2 aromatic rings. The molecule has 1 aromatic carbocycles. The number of halogens is 1. The zero-order valence-corrected chi connectivity index (χ0v) is 16.1. The van der Waals surface area contributed by atoms with Crippen LogP contribution < -0.4 is 0 Å². The van der Waals surface area contributed by atoms with Gasteiger partial charge < -0.3 is 9.84 Å². The first-order valence-electron chi connectivity index (χ1n) is 7.08. The molecule has 1 aromatic heterocycles. The molecule has 0 atom stereocenters. The third-order valence-electron chi connectivity index (χ3n) is 3.36. The van der Waals surface area contributed by atoms with Gasteiger partial charge in [0.1, 0.15) is 12.3 Å². The van der Waals surface area contributed by atoms with Crippen LogP contribution in [0.5, 0.6) is 0 Å². The fourth-order valence-electron chi connectivity index (χ4n) is 2.20. The Bertz CT molecular complexity index is 725. The summed E-state index contributed by atoms with van der Waals surface area (Å²) >= 11 is 2.08. The van der Waals surface area contributed by atoms with Crippen LogP contribution in [0.3, 0.4) is 0 Å². The van der Waals surface area contributed by atoms with E-state index in [0.29, 0.717) is 12.3 Å². The van der Waals surface area contributed by atoms with Gasteiger partial charge in [-0.05, 0) is 20.7 Å². The van der Waals surface area contributed by atoms with Gasteiger partial charge in [-0.25, -0.2) is 4.31 Å². The van der Waals surface area contributed by atoms with Crippen molar-refractivity contribution in [3.63, 3.8) is 0 Å². The minimum absolute atomic E-state index is 0.0600. The van der Waals surface area contributed by atoms with E-state index in [9.17, 15) is 4.79 Å². The minimum atomic E-state index is -0.872. The number of benzene rings is 1. The lowest BCUT2D eigenvalue weighted by atomic mass is 10.0. The van der Waals surface area contributed by atoms with Crippen molar-refractivity contribution in [2.45, 2.75) is 6.54 Å². The third-order valence-corrected chi connectivity index (χ3v) is 5.49. The van der Waals surface area contributed by atoms with Crippen molar-refractivity contribution < 1.29 is 14.6 Å². The van der Waals surface area contributed by atoms with Gasteiger partial charge in [-0.3, -0.25) is 9.78 Å². The van der Waals surface area contributed by atoms with Crippen LogP contribution in [0.25, 0.3) is 17.0 Å². The molecule has 0 bridgehead atoms. The average molecular weight is 456 g/mol. The van der Waals surface area contributed by atoms with Gasteiger partial charge in [-0.1, -0.05) is 36.9 Å². The highest BCUT2D eigenvalue weighted by Gasteiger charge is 2.16. The number of carbonyl (C=O) groups is 1. The number of aliphatic carboxylic acids is 1. The molecule has 7 heteroatoms. The van der Waals surface area contributed by atoms with Crippen molar-refractivity contribution in [1.82, 2.24) is 9.29 Å². The Balaban J connectivity index is 2.40. The van der Waals surface area contributed by atoms with Gasteiger partial charge in [0.15, 0.2) is 0 Å². The van der Waals surface area contributed by atoms with Crippen molar-refractivity contribution in [2.24, 2.45) is 0 Å². The predicted molar refractivity (Wildman–Crippen MR) is 105 cm³/mol. The first-order valence-corrected chi connectivity index (χ1v) is 10.4. The van der Waals surface area contributed by atoms with Crippen molar-refractivity contribution in [2.75, 3.05) is 13.7 Å². The molecule has 0 saturated heterocycles. The van der Waals surface area contributed by atoms with Crippen LogP contribution >= 0.6 is 30.3 Å². The molecular weight excluding hydrogens is 439 g/mol. The molecule has 0 aliphatic rings. The number of carboxylic acids is 1. The third kappa shape index (κ3) is 4.96. The second-order valence-corrected chi connectivity index (χ2v) is 6.82. The van der Waals surface area contributed by atoms with Gasteiger partial charge in [-0.2, -0.15) is 0 Å². The molecule has 126 valence electrons. The van der Waals surface area contributed by atoms with Crippen LogP contribution in [0.2, 0.25) is 0 Å². The Morgan fingerprint density at radius 1 is 1.42 bits per heavy atom. The number of hydrogen-bond donors (Lipinski definition) is 1. The molecule has 0 aliphatic carbocycles. The molecule has 0 amide bonds. The normalized spacial score (nSPS) is 10.6. The number of methoxy groups -OCH3 is 1. The maximum absolute atomic E-state index is 11.0. The largest absolute Gasteiger partial charge is 0.497 e. The molecule has 0 saturated carbocycles. The highest BCUT2D eigenvalue weighted by atomic mass is 127. The van der Waals surface area contributed by atoms with Gasteiger partial charge in [0.05, 0.1) is 12.8 Å². The van der Waals surface area contributed by atoms with Crippen molar-refractivity contribution >= 4 is 42.1 Å². The van der Waals surface area contributed by atoms with Crippen molar-refractivity contribution in [1.29, 1.82) is 0 Å². The van der Waals surface area contributed by atoms with Gasteiger partial charge in [-0.15, -0.1) is 0 Å². The summed E-state index contributed by atoms with van der Waals surface area (Å²) in [6, 6.07) is 11.8. The van der Waals surface area contributed by atoms with Gasteiger partial charge in [0.25, 0.3) is 0 Å². The SMILES string of the molecule is C=C(OC)c1cnc(-c2ccccc2)cc1CN(CC(=O)O)SI. The zero-order valence-electron chi connectivity index (χ0n) is 13.1. The molecule has 0 spiro atoms. The maximum atomic E-state index is 11.0. The first kappa shape index (κ1) is 18.8. The molecule has 1 N–H and O–H groups in total. The Labute approximate surface area is 157 Å². The van der Waals surface area contributed by atoms with Crippen LogP contribution in [0.4, 0.5) is 0 Å². The Kier molecular flexibility index (Phi) is 7.07. The summed E-state index contributed by atoms with van der Waals surface area (Å²) in [6.45, 7) is 4.28. The lowest BCUT2D eigenvalue weighted by Gasteiger charge is -2.19. The van der Waals surface area contributed by atoms with Gasteiger partial charge in [0.2, 0.25) is 0 Å². The summed E-state index contributed by atoms with van der Waals surface area (Å²) in [6.07, 6.45) is 1.72. The quantitative estimate of drug-likeness (QED) is 0.364. The first-order chi connectivity index (χ1) is 11.5. The lowest BCUT2D eigenvalue weighted by Crippen LogP contribution is -2.22. The molecule has 5 nitrogen and oxygen atoms in total. The standard InChI is InChI=1S/C17H17IN2O3S/c1-12(23-2)15-9-19-16(13-6-4-3-5-7-13)8-14(15)10-20(24-18)11-17(21)22/h3-9H,1,10-11H2,2H3,(H,21,22). The molecule has 0 aliphatic heterocycles. The Morgan fingerprint density at radius 2 is 2.12 bits per heavy atom. The molecule has 1 heterocycles. The average Bonchev–Trinajstić information content (AvgIpc) is 2.60. The number of pyridine rings is 1. The van der Waals surface area contributed by atoms with E-state index in [2.05, 4.69) is 32.8 Å². The second kappa shape index (κ2) is 9.05. The van der Waals surface area contributed by atoms with E-state index in [4.69, 9.17) is 9.84 Å². The van der Waals surface area contributed by atoms with E-state index in [1.54, 1.807) is 17.6 Å². The molecule has 0 unspecified atom stereocenters. The summed E-state index contributed by atoms with van der Waals surface area (Å²) < 4.78 is 6.99. The Hall–Kier alpha value is -1.58. The summed E-state index contributed by atoms with van der Waals surface area (Å²) in [5.74, 6) is -0.366. The predicted octanol–water partition coefficient (Wildman–Crippen LogP) is 4.25. The van der Waals surface area contributed by atoms with E-state index in [0.717, 1.165) is 22.4 Å². The summed E-state index contributed by atoms with van der Waals surface area (Å²) in [5.41, 5.74) is 3.52. The number of rotatable bonds is 8. The van der Waals surface area contributed by atoms with E-state index in [1.807, 2.05) is 36.4 Å². The van der Waals surface area contributed by atoms with Crippen molar-refractivity contribution in [3.05, 3.63) is 60.3 Å². The molecular formula is C17H17IN2O3S. The number of carboxylic acid groups (broad SMARTS) is 1. The monoisotopic (exact) mass is 456 g/mol. The highest BCUT2D eigenvalue weighted by Crippen LogP contribution is 2.28. The molecule has 2 rings (SSSR count). The lowest BCUT2D eigenvalue weighted by molar-refractivity contribution is -0.137. The topological polar surface area (TPSA) is 62.7 Å². The second-order valence-electron chi connectivity index (χ2n) is 4.98. The number of ether oxygens (including phenoxy) is 1. The van der Waals surface area contributed by atoms with Crippen LogP contribution in [0.1, 0.15) is 11.1 Å².